The minimum absolute atomic E-state index is 0.00669. The number of aryl methyl sites for hydroxylation is 2. The number of carbonyl (C=O) groups excluding carboxylic acids is 1. The van der Waals surface area contributed by atoms with E-state index in [2.05, 4.69) is 51.4 Å². The number of hydrogen-bond acceptors (Lipinski definition) is 4. The van der Waals surface area contributed by atoms with Crippen LogP contribution in [0.25, 0.3) is 0 Å². The van der Waals surface area contributed by atoms with E-state index in [9.17, 15) is 4.79 Å². The van der Waals surface area contributed by atoms with E-state index < -0.39 is 0 Å². The Morgan fingerprint density at radius 3 is 2.72 bits per heavy atom. The number of benzene rings is 1. The Morgan fingerprint density at radius 2 is 2.00 bits per heavy atom. The van der Waals surface area contributed by atoms with E-state index in [4.69, 9.17) is 0 Å². The first kappa shape index (κ1) is 17.4. The summed E-state index contributed by atoms with van der Waals surface area (Å²) < 4.78 is 0. The zero-order valence-corrected chi connectivity index (χ0v) is 15.0. The Hall–Kier alpha value is -2.43. The van der Waals surface area contributed by atoms with Crippen molar-refractivity contribution in [2.45, 2.75) is 39.7 Å². The van der Waals surface area contributed by atoms with Gasteiger partial charge in [-0.1, -0.05) is 31.2 Å². The van der Waals surface area contributed by atoms with Gasteiger partial charge < -0.3 is 10.2 Å². The third kappa shape index (κ3) is 4.56. The maximum Gasteiger partial charge on any atom is 0.225 e. The highest BCUT2D eigenvalue weighted by Crippen LogP contribution is 2.20. The van der Waals surface area contributed by atoms with Crippen LogP contribution >= 0.6 is 0 Å². The van der Waals surface area contributed by atoms with Crippen LogP contribution in [0.2, 0.25) is 0 Å². The smallest absolute Gasteiger partial charge is 0.225 e. The molecule has 2 heterocycles. The third-order valence-corrected chi connectivity index (χ3v) is 4.76. The quantitative estimate of drug-likeness (QED) is 0.911. The molecule has 0 spiro atoms. The molecule has 5 nitrogen and oxygen atoms in total. The maximum absolute atomic E-state index is 12.6. The lowest BCUT2D eigenvalue weighted by Gasteiger charge is -2.32. The summed E-state index contributed by atoms with van der Waals surface area (Å²) in [5.41, 5.74) is 3.41. The van der Waals surface area contributed by atoms with Gasteiger partial charge in [-0.2, -0.15) is 0 Å². The largest absolute Gasteiger partial charge is 0.352 e. The average molecular weight is 338 g/mol. The molecule has 0 saturated carbocycles. The van der Waals surface area contributed by atoms with E-state index in [1.807, 2.05) is 13.0 Å². The Labute approximate surface area is 149 Å². The van der Waals surface area contributed by atoms with Crippen molar-refractivity contribution in [3.63, 3.8) is 0 Å². The normalized spacial score (nSPS) is 17.4. The SMILES string of the molecule is CCc1ccc(CNC(=O)[C@H]2CCCN(c3nccc(C)n3)C2)cc1. The molecule has 0 unspecified atom stereocenters. The van der Waals surface area contributed by atoms with Crippen LogP contribution in [0.1, 0.15) is 36.6 Å². The molecule has 1 amide bonds. The van der Waals surface area contributed by atoms with Gasteiger partial charge in [0, 0.05) is 31.5 Å². The summed E-state index contributed by atoms with van der Waals surface area (Å²) in [7, 11) is 0. The molecular weight excluding hydrogens is 312 g/mol. The van der Waals surface area contributed by atoms with Crippen LogP contribution in [0.15, 0.2) is 36.5 Å². The molecule has 1 aliphatic heterocycles. The molecule has 0 radical (unpaired) electrons. The van der Waals surface area contributed by atoms with Gasteiger partial charge in [-0.15, -0.1) is 0 Å². The summed E-state index contributed by atoms with van der Waals surface area (Å²) >= 11 is 0. The number of hydrogen-bond donors (Lipinski definition) is 1. The third-order valence-electron chi connectivity index (χ3n) is 4.76. The molecule has 1 saturated heterocycles. The molecule has 1 aliphatic rings. The summed E-state index contributed by atoms with van der Waals surface area (Å²) in [5, 5.41) is 3.08. The topological polar surface area (TPSA) is 58.1 Å². The van der Waals surface area contributed by atoms with E-state index in [0.717, 1.165) is 43.0 Å². The van der Waals surface area contributed by atoms with Crippen molar-refractivity contribution in [3.8, 4) is 0 Å². The predicted octanol–water partition coefficient (Wildman–Crippen LogP) is 2.88. The monoisotopic (exact) mass is 338 g/mol. The number of aromatic nitrogens is 2. The van der Waals surface area contributed by atoms with Crippen LogP contribution < -0.4 is 10.2 Å². The van der Waals surface area contributed by atoms with Crippen LogP contribution in [-0.2, 0) is 17.8 Å². The van der Waals surface area contributed by atoms with Crippen LogP contribution in [0.3, 0.4) is 0 Å². The summed E-state index contributed by atoms with van der Waals surface area (Å²) in [6.07, 6.45) is 4.72. The molecule has 0 bridgehead atoms. The zero-order chi connectivity index (χ0) is 17.6. The number of anilines is 1. The van der Waals surface area contributed by atoms with Gasteiger partial charge in [0.25, 0.3) is 0 Å². The van der Waals surface area contributed by atoms with Crippen molar-refractivity contribution < 1.29 is 4.79 Å². The van der Waals surface area contributed by atoms with Gasteiger partial charge >= 0.3 is 0 Å². The molecule has 132 valence electrons. The molecule has 25 heavy (non-hydrogen) atoms. The zero-order valence-electron chi connectivity index (χ0n) is 15.0. The molecule has 1 fully saturated rings. The lowest BCUT2D eigenvalue weighted by Crippen LogP contribution is -2.43. The standard InChI is InChI=1S/C20H26N4O/c1-3-16-6-8-17(9-7-16)13-22-19(25)18-5-4-12-24(14-18)20-21-11-10-15(2)23-20/h6-11,18H,3-5,12-14H2,1-2H3,(H,22,25)/t18-/m0/s1. The van der Waals surface area contributed by atoms with Gasteiger partial charge in [-0.3, -0.25) is 4.79 Å². The first-order chi connectivity index (χ1) is 12.2. The van der Waals surface area contributed by atoms with Crippen molar-refractivity contribution in [2.75, 3.05) is 18.0 Å². The molecule has 1 aromatic carbocycles. The Morgan fingerprint density at radius 1 is 1.24 bits per heavy atom. The van der Waals surface area contributed by atoms with Gasteiger partial charge in [-0.25, -0.2) is 9.97 Å². The molecule has 1 N–H and O–H groups in total. The summed E-state index contributed by atoms with van der Waals surface area (Å²) in [6.45, 7) is 6.28. The highest BCUT2D eigenvalue weighted by atomic mass is 16.1. The fourth-order valence-electron chi connectivity index (χ4n) is 3.19. The van der Waals surface area contributed by atoms with Crippen LogP contribution in [0.5, 0.6) is 0 Å². The highest BCUT2D eigenvalue weighted by molar-refractivity contribution is 5.79. The lowest BCUT2D eigenvalue weighted by atomic mass is 9.97. The van der Waals surface area contributed by atoms with Gasteiger partial charge in [0.1, 0.15) is 0 Å². The number of rotatable bonds is 5. The number of piperidine rings is 1. The van der Waals surface area contributed by atoms with Crippen molar-refractivity contribution in [2.24, 2.45) is 5.92 Å². The highest BCUT2D eigenvalue weighted by Gasteiger charge is 2.26. The van der Waals surface area contributed by atoms with Gasteiger partial charge in [0.05, 0.1) is 5.92 Å². The number of carbonyl (C=O) groups is 1. The van der Waals surface area contributed by atoms with E-state index in [1.54, 1.807) is 6.20 Å². The molecule has 1 aromatic heterocycles. The van der Waals surface area contributed by atoms with E-state index in [0.29, 0.717) is 13.1 Å². The van der Waals surface area contributed by atoms with E-state index >= 15 is 0 Å². The predicted molar refractivity (Wildman–Crippen MR) is 99.4 cm³/mol. The minimum Gasteiger partial charge on any atom is -0.352 e. The van der Waals surface area contributed by atoms with Gasteiger partial charge in [0.15, 0.2) is 0 Å². The van der Waals surface area contributed by atoms with Crippen LogP contribution in [0, 0.1) is 12.8 Å². The number of nitrogens with one attached hydrogen (secondary N) is 1. The Balaban J connectivity index is 1.56. The summed E-state index contributed by atoms with van der Waals surface area (Å²) in [4.78, 5) is 23.5. The average Bonchev–Trinajstić information content (AvgIpc) is 2.66. The van der Waals surface area contributed by atoms with Crippen molar-refractivity contribution in [3.05, 3.63) is 53.3 Å². The second-order valence-electron chi connectivity index (χ2n) is 6.67. The maximum atomic E-state index is 12.6. The molecule has 3 rings (SSSR count). The van der Waals surface area contributed by atoms with Gasteiger partial charge in [0.2, 0.25) is 11.9 Å². The first-order valence-electron chi connectivity index (χ1n) is 9.06. The molecule has 2 aromatic rings. The Bertz CT molecular complexity index is 714. The van der Waals surface area contributed by atoms with Crippen molar-refractivity contribution in [1.29, 1.82) is 0 Å². The molecule has 5 heteroatoms. The lowest BCUT2D eigenvalue weighted by molar-refractivity contribution is -0.125. The van der Waals surface area contributed by atoms with Crippen molar-refractivity contribution >= 4 is 11.9 Å². The number of amides is 1. The summed E-state index contributed by atoms with van der Waals surface area (Å²) in [6, 6.07) is 10.3. The second kappa shape index (κ2) is 8.10. The number of nitrogens with zero attached hydrogens (tertiary/aromatic N) is 3. The molecular formula is C20H26N4O. The van der Waals surface area contributed by atoms with Crippen LogP contribution in [-0.4, -0.2) is 29.0 Å². The van der Waals surface area contributed by atoms with Crippen LogP contribution in [0.4, 0.5) is 5.95 Å². The fraction of sp³-hybridized carbons (Fsp3) is 0.450. The van der Waals surface area contributed by atoms with Gasteiger partial charge in [-0.05, 0) is 43.4 Å². The summed E-state index contributed by atoms with van der Waals surface area (Å²) in [5.74, 6) is 0.845. The minimum atomic E-state index is -0.00669. The molecule has 1 atom stereocenters. The Kier molecular flexibility index (Phi) is 5.64. The first-order valence-corrected chi connectivity index (χ1v) is 9.06. The second-order valence-corrected chi connectivity index (χ2v) is 6.67. The van der Waals surface area contributed by atoms with Crippen molar-refractivity contribution in [1.82, 2.24) is 15.3 Å². The molecule has 0 aliphatic carbocycles. The van der Waals surface area contributed by atoms with E-state index in [-0.39, 0.29) is 11.8 Å². The van der Waals surface area contributed by atoms with E-state index in [1.165, 1.54) is 5.56 Å². The fourth-order valence-corrected chi connectivity index (χ4v) is 3.19.